The van der Waals surface area contributed by atoms with Gasteiger partial charge in [-0.15, -0.1) is 0 Å². The maximum atomic E-state index is 13.8. The molecule has 0 aliphatic carbocycles. The number of carbonyl (C=O) groups excluding carboxylic acids is 4. The summed E-state index contributed by atoms with van der Waals surface area (Å²) < 4.78 is 41.2. The van der Waals surface area contributed by atoms with Crippen molar-refractivity contribution < 1.29 is 57.4 Å². The van der Waals surface area contributed by atoms with Gasteiger partial charge in [0.25, 0.3) is 23.6 Å². The first-order chi connectivity index (χ1) is 55.8. The number of ether oxygens (including phenoxy) is 7. The summed E-state index contributed by atoms with van der Waals surface area (Å²) in [6.45, 7) is 11.3. The topological polar surface area (TPSA) is 269 Å². The number of hydrogen-bond acceptors (Lipinski definition) is 20. The Morgan fingerprint density at radius 3 is 1.24 bits per heavy atom. The lowest BCUT2D eigenvalue weighted by molar-refractivity contribution is 0.0695. The Morgan fingerprint density at radius 1 is 0.395 bits per heavy atom. The first kappa shape index (κ1) is 78.0. The lowest BCUT2D eigenvalue weighted by Crippen LogP contribution is -2.37. The molecule has 10 aromatic rings. The van der Waals surface area contributed by atoms with E-state index >= 15 is 0 Å². The van der Waals surface area contributed by atoms with Crippen LogP contribution in [-0.2, 0) is 0 Å². The van der Waals surface area contributed by atoms with Gasteiger partial charge in [0.05, 0.1) is 51.8 Å². The van der Waals surface area contributed by atoms with E-state index in [1.54, 1.807) is 61.6 Å². The number of nitrogens with zero attached hydrogens (tertiary/aromatic N) is 12. The number of amides is 4. The Morgan fingerprint density at radius 2 is 0.798 bits per heavy atom. The average Bonchev–Trinajstić information content (AvgIpc) is 1.60. The van der Waals surface area contributed by atoms with Crippen LogP contribution in [0.15, 0.2) is 200 Å². The number of rotatable bonds is 23. The van der Waals surface area contributed by atoms with Crippen LogP contribution in [0, 0.1) is 30.6 Å². The molecule has 8 aliphatic heterocycles. The highest BCUT2D eigenvalue weighted by molar-refractivity contribution is 9.10. The molecular formula is C89H95BrN12O12. The Balaban J connectivity index is 0.000000120. The van der Waals surface area contributed by atoms with Gasteiger partial charge in [0, 0.05) is 161 Å². The Labute approximate surface area is 672 Å². The van der Waals surface area contributed by atoms with Crippen molar-refractivity contribution in [2.45, 2.75) is 153 Å². The number of hydrogen-bond donors (Lipinski definition) is 1. The molecule has 25 heteroatoms. The number of phenolic OH excluding ortho intramolecular Hbond substituents is 1. The van der Waals surface area contributed by atoms with E-state index in [4.69, 9.17) is 33.2 Å². The highest BCUT2D eigenvalue weighted by atomic mass is 79.9. The van der Waals surface area contributed by atoms with Crippen molar-refractivity contribution in [3.63, 3.8) is 0 Å². The van der Waals surface area contributed by atoms with Crippen LogP contribution < -0.4 is 33.2 Å². The molecule has 18 rings (SSSR count). The smallest absolute Gasteiger partial charge is 0.260 e. The summed E-state index contributed by atoms with van der Waals surface area (Å²) in [6.07, 6.45) is 23.9. The Hall–Kier alpha value is -11.3. The minimum atomic E-state index is -0.130. The SMILES string of the molecule is CCOc1nc(C)ccc1C(=O)N1C2CCC1C(COc1ccccn1)C2.CCOc1ncc(-c2ccccc2)cc1C(=O)N1C2CCC1C(COc1ccccn1)C2.CCOc1ncc(Br)cc1C(=O)N1C2CCC1C(COc1ccccn1)C2.O=C(c1c(O)ccc2cccnc12)N1C2CCC1C(COc1ccccn1)C2. The number of phenols is 1. The summed E-state index contributed by atoms with van der Waals surface area (Å²) in [7, 11) is 0. The van der Waals surface area contributed by atoms with Crippen molar-refractivity contribution in [1.82, 2.24) is 59.5 Å². The minimum absolute atomic E-state index is 0.0000797. The molecule has 590 valence electrons. The number of pyridine rings is 8. The number of aryl methyl sites for hydroxylation is 1. The molecule has 16 heterocycles. The van der Waals surface area contributed by atoms with Crippen molar-refractivity contribution in [2.24, 2.45) is 23.7 Å². The third-order valence-electron chi connectivity index (χ3n) is 23.2. The summed E-state index contributed by atoms with van der Waals surface area (Å²) in [5.74, 6) is 4.89. The van der Waals surface area contributed by atoms with Gasteiger partial charge in [0.2, 0.25) is 41.2 Å². The summed E-state index contributed by atoms with van der Waals surface area (Å²) in [4.78, 5) is 96.3. The van der Waals surface area contributed by atoms with Crippen LogP contribution in [0.3, 0.4) is 0 Å². The van der Waals surface area contributed by atoms with Gasteiger partial charge < -0.3 is 57.9 Å². The van der Waals surface area contributed by atoms with Crippen LogP contribution in [0.5, 0.6) is 46.9 Å². The standard InChI is InChI=1S/C26H27N3O3.C22H21N3O3.C21H25N3O3.C20H22BrN3O3/c1-2-31-25-22(15-19(16-28-25)18-8-4-3-5-9-18)26(30)29-21-11-12-23(29)20(14-21)17-32-24-10-6-7-13-27-24;26-18-9-6-14-4-3-11-24-21(14)20(18)22(27)25-16-7-8-17(25)15(12-16)13-28-19-5-1-2-10-23-19;1-3-26-20-17(9-7-14(2)23-20)21(25)24-16-8-10-18(24)15(12-16)13-27-19-6-4-5-11-22-19;1-2-26-19-16(10-14(21)11-23-19)20(25)24-15-6-7-17(24)13(9-15)12-27-18-5-3-4-8-22-18/h3-10,13,15-16,20-21,23H,2,11-12,14,17H2,1H3;1-6,9-11,15-17,26H,7-8,12-13H2;4-7,9,11,15-16,18H,3,8,10,12-13H2,1-2H3;3-5,8,10-11,13,15,17H,2,6-7,9,12H2,1H3. The quantitative estimate of drug-likeness (QED) is 0.0623. The van der Waals surface area contributed by atoms with E-state index in [0.29, 0.717) is 133 Å². The zero-order valence-corrected chi connectivity index (χ0v) is 66.1. The molecule has 2 aromatic carbocycles. The monoisotopic (exact) mass is 1600 g/mol. The van der Waals surface area contributed by atoms with Gasteiger partial charge in [-0.3, -0.25) is 24.2 Å². The van der Waals surface area contributed by atoms with E-state index in [1.165, 1.54) is 0 Å². The summed E-state index contributed by atoms with van der Waals surface area (Å²) in [5.41, 5.74) is 5.28. The predicted octanol–water partition coefficient (Wildman–Crippen LogP) is 15.0. The molecule has 8 fully saturated rings. The first-order valence-corrected chi connectivity index (χ1v) is 40.7. The number of carbonyl (C=O) groups is 4. The number of aromatic nitrogens is 8. The maximum Gasteiger partial charge on any atom is 0.260 e. The van der Waals surface area contributed by atoms with Crippen LogP contribution in [0.2, 0.25) is 0 Å². The third kappa shape index (κ3) is 17.3. The molecule has 0 spiro atoms. The molecule has 0 saturated carbocycles. The van der Waals surface area contributed by atoms with Crippen LogP contribution >= 0.6 is 15.9 Å². The molecule has 12 atom stereocenters. The van der Waals surface area contributed by atoms with Crippen LogP contribution in [-0.4, -0.2) is 183 Å². The van der Waals surface area contributed by atoms with E-state index in [-0.39, 0.29) is 83.6 Å². The molecule has 1 N–H and O–H groups in total. The largest absolute Gasteiger partial charge is 0.507 e. The Bertz CT molecular complexity index is 4950. The van der Waals surface area contributed by atoms with Crippen LogP contribution in [0.25, 0.3) is 22.0 Å². The normalized spacial score (nSPS) is 22.9. The highest BCUT2D eigenvalue weighted by Crippen LogP contribution is 2.48. The number of halogens is 1. The Kier molecular flexibility index (Phi) is 24.8. The molecule has 8 aliphatic rings. The summed E-state index contributed by atoms with van der Waals surface area (Å²) in [5, 5.41) is 11.3. The van der Waals surface area contributed by atoms with Gasteiger partial charge in [-0.25, -0.2) is 34.9 Å². The van der Waals surface area contributed by atoms with Gasteiger partial charge >= 0.3 is 0 Å². The minimum Gasteiger partial charge on any atom is -0.507 e. The zero-order chi connectivity index (χ0) is 78.6. The van der Waals surface area contributed by atoms with Gasteiger partial charge in [-0.2, -0.15) is 0 Å². The molecule has 24 nitrogen and oxygen atoms in total. The van der Waals surface area contributed by atoms with Crippen LogP contribution in [0.4, 0.5) is 0 Å². The van der Waals surface area contributed by atoms with Crippen molar-refractivity contribution in [2.75, 3.05) is 46.2 Å². The fourth-order valence-corrected chi connectivity index (χ4v) is 18.6. The molecule has 8 bridgehead atoms. The second-order valence-corrected chi connectivity index (χ2v) is 30.9. The lowest BCUT2D eigenvalue weighted by atomic mass is 9.90. The van der Waals surface area contributed by atoms with Gasteiger partial charge in [0.15, 0.2) is 0 Å². The summed E-state index contributed by atoms with van der Waals surface area (Å²) >= 11 is 3.42. The molecule has 8 saturated heterocycles. The van der Waals surface area contributed by atoms with Gasteiger partial charge in [-0.05, 0) is 193 Å². The van der Waals surface area contributed by atoms with E-state index in [9.17, 15) is 24.3 Å². The second-order valence-electron chi connectivity index (χ2n) is 30.0. The van der Waals surface area contributed by atoms with E-state index in [0.717, 1.165) is 104 Å². The van der Waals surface area contributed by atoms with E-state index in [2.05, 4.69) is 60.7 Å². The van der Waals surface area contributed by atoms with Gasteiger partial charge in [0.1, 0.15) is 28.0 Å². The fourth-order valence-electron chi connectivity index (χ4n) is 18.2. The molecule has 114 heavy (non-hydrogen) atoms. The molecule has 8 aromatic heterocycles. The number of fused-ring (bicyclic) bond motifs is 9. The van der Waals surface area contributed by atoms with Crippen molar-refractivity contribution in [1.29, 1.82) is 0 Å². The number of aromatic hydroxyl groups is 1. The average molecular weight is 1600 g/mol. The molecule has 12 unspecified atom stereocenters. The van der Waals surface area contributed by atoms with Crippen molar-refractivity contribution in [3.8, 4) is 58.0 Å². The lowest BCUT2D eigenvalue weighted by Gasteiger charge is -2.25. The van der Waals surface area contributed by atoms with E-state index in [1.807, 2.05) is 176 Å². The van der Waals surface area contributed by atoms with Crippen molar-refractivity contribution in [3.05, 3.63) is 227 Å². The van der Waals surface area contributed by atoms with E-state index < -0.39 is 0 Å². The molecule has 0 radical (unpaired) electrons. The summed E-state index contributed by atoms with van der Waals surface area (Å²) in [6, 6.07) is 48.7. The predicted molar refractivity (Wildman–Crippen MR) is 431 cm³/mol. The second kappa shape index (κ2) is 36.2. The maximum absolute atomic E-state index is 13.8. The van der Waals surface area contributed by atoms with Gasteiger partial charge in [-0.1, -0.05) is 60.7 Å². The molecule has 4 amide bonds. The zero-order valence-electron chi connectivity index (χ0n) is 64.5. The fraction of sp³-hybridized carbons (Fsp3) is 0.393. The van der Waals surface area contributed by atoms with Crippen LogP contribution in [0.1, 0.15) is 145 Å². The number of benzene rings is 2. The highest BCUT2D eigenvalue weighted by Gasteiger charge is 2.53. The first-order valence-electron chi connectivity index (χ1n) is 39.9. The molecular weight excluding hydrogens is 1510 g/mol. The third-order valence-corrected chi connectivity index (χ3v) is 23.6. The van der Waals surface area contributed by atoms with Crippen molar-refractivity contribution >= 4 is 50.5 Å².